The van der Waals surface area contributed by atoms with E-state index < -0.39 is 0 Å². The number of nitrogens with one attached hydrogen (secondary N) is 1. The molecule has 8 heteroatoms. The molecule has 0 spiro atoms. The van der Waals surface area contributed by atoms with Crippen LogP contribution in [0.15, 0.2) is 64.5 Å². The molecule has 0 aliphatic rings. The number of benzene rings is 2. The Morgan fingerprint density at radius 1 is 1.11 bits per heavy atom. The van der Waals surface area contributed by atoms with Crippen LogP contribution in [0.3, 0.4) is 0 Å². The topological polar surface area (TPSA) is 85.7 Å². The van der Waals surface area contributed by atoms with Crippen LogP contribution < -0.4 is 10.3 Å². The number of hydrogen-bond acceptors (Lipinski definition) is 6. The van der Waals surface area contributed by atoms with Crippen LogP contribution in [0.4, 0.5) is 0 Å². The van der Waals surface area contributed by atoms with Gasteiger partial charge in [0.1, 0.15) is 11.6 Å². The molecule has 2 aromatic heterocycles. The SMILES string of the molecule is C[C@H](Oc1ccccc1)c1nnc(SCc2nc3ccccc3c(=O)[nH]2)n1C. The number of aromatic nitrogens is 5. The van der Waals surface area contributed by atoms with Gasteiger partial charge in [0.25, 0.3) is 5.56 Å². The third-order valence-corrected chi connectivity index (χ3v) is 5.32. The van der Waals surface area contributed by atoms with Crippen LogP contribution in [0.25, 0.3) is 10.9 Å². The average molecular weight is 393 g/mol. The molecule has 0 saturated carbocycles. The molecule has 7 nitrogen and oxygen atoms in total. The van der Waals surface area contributed by atoms with Gasteiger partial charge in [0, 0.05) is 7.05 Å². The summed E-state index contributed by atoms with van der Waals surface area (Å²) in [5.41, 5.74) is 0.551. The van der Waals surface area contributed by atoms with Crippen LogP contribution in [0.5, 0.6) is 5.75 Å². The highest BCUT2D eigenvalue weighted by molar-refractivity contribution is 7.98. The summed E-state index contributed by atoms with van der Waals surface area (Å²) in [7, 11) is 1.90. The normalized spacial score (nSPS) is 12.2. The van der Waals surface area contributed by atoms with Crippen LogP contribution in [0, 0.1) is 0 Å². The highest BCUT2D eigenvalue weighted by atomic mass is 32.2. The van der Waals surface area contributed by atoms with Crippen molar-refractivity contribution in [2.45, 2.75) is 23.9 Å². The Kier molecular flexibility index (Phi) is 5.12. The zero-order valence-electron chi connectivity index (χ0n) is 15.5. The first-order valence-electron chi connectivity index (χ1n) is 8.83. The summed E-state index contributed by atoms with van der Waals surface area (Å²) in [6, 6.07) is 16.9. The van der Waals surface area contributed by atoms with Gasteiger partial charge in [-0.05, 0) is 31.2 Å². The summed E-state index contributed by atoms with van der Waals surface area (Å²) in [4.78, 5) is 19.5. The number of thioether (sulfide) groups is 1. The third-order valence-electron chi connectivity index (χ3n) is 4.29. The minimum Gasteiger partial charge on any atom is -0.483 e. The number of nitrogens with zero attached hydrogens (tertiary/aromatic N) is 4. The maximum atomic E-state index is 12.2. The molecule has 0 aliphatic heterocycles. The van der Waals surface area contributed by atoms with Crippen molar-refractivity contribution in [2.75, 3.05) is 0 Å². The number of aromatic amines is 1. The summed E-state index contributed by atoms with van der Waals surface area (Å²) in [5.74, 6) is 2.60. The van der Waals surface area contributed by atoms with Gasteiger partial charge in [-0.25, -0.2) is 4.98 Å². The lowest BCUT2D eigenvalue weighted by molar-refractivity contribution is 0.211. The third kappa shape index (κ3) is 3.77. The van der Waals surface area contributed by atoms with Gasteiger partial charge >= 0.3 is 0 Å². The van der Waals surface area contributed by atoms with E-state index >= 15 is 0 Å². The summed E-state index contributed by atoms with van der Waals surface area (Å²) < 4.78 is 7.83. The van der Waals surface area contributed by atoms with Crippen molar-refractivity contribution in [3.63, 3.8) is 0 Å². The molecule has 142 valence electrons. The van der Waals surface area contributed by atoms with Gasteiger partial charge in [0.05, 0.1) is 16.7 Å². The number of fused-ring (bicyclic) bond motifs is 1. The fourth-order valence-corrected chi connectivity index (χ4v) is 3.69. The zero-order valence-corrected chi connectivity index (χ0v) is 16.3. The molecule has 0 fully saturated rings. The van der Waals surface area contributed by atoms with Crippen molar-refractivity contribution in [2.24, 2.45) is 7.05 Å². The van der Waals surface area contributed by atoms with Crippen molar-refractivity contribution < 1.29 is 4.74 Å². The molecule has 0 amide bonds. The molecule has 1 atom stereocenters. The first-order chi connectivity index (χ1) is 13.6. The molecular weight excluding hydrogens is 374 g/mol. The maximum absolute atomic E-state index is 12.2. The van der Waals surface area contributed by atoms with E-state index in [2.05, 4.69) is 20.2 Å². The first-order valence-corrected chi connectivity index (χ1v) is 9.82. The molecule has 1 N–H and O–H groups in total. The lowest BCUT2D eigenvalue weighted by atomic mass is 10.2. The summed E-state index contributed by atoms with van der Waals surface area (Å²) in [6.07, 6.45) is -0.243. The molecule has 4 aromatic rings. The minimum absolute atomic E-state index is 0.135. The summed E-state index contributed by atoms with van der Waals surface area (Å²) >= 11 is 1.46. The van der Waals surface area contributed by atoms with Crippen LogP contribution in [0.1, 0.15) is 24.7 Å². The second kappa shape index (κ2) is 7.85. The van der Waals surface area contributed by atoms with E-state index in [-0.39, 0.29) is 11.7 Å². The fraction of sp³-hybridized carbons (Fsp3) is 0.200. The van der Waals surface area contributed by atoms with E-state index in [1.54, 1.807) is 6.07 Å². The van der Waals surface area contributed by atoms with E-state index in [1.807, 2.05) is 67.1 Å². The number of para-hydroxylation sites is 2. The van der Waals surface area contributed by atoms with Crippen LogP contribution >= 0.6 is 11.8 Å². The van der Waals surface area contributed by atoms with E-state index in [4.69, 9.17) is 4.74 Å². The highest BCUT2D eigenvalue weighted by Crippen LogP contribution is 2.24. The molecule has 0 radical (unpaired) electrons. The molecule has 0 aliphatic carbocycles. The highest BCUT2D eigenvalue weighted by Gasteiger charge is 2.17. The Hall–Kier alpha value is -3.13. The van der Waals surface area contributed by atoms with E-state index in [9.17, 15) is 4.79 Å². The van der Waals surface area contributed by atoms with Crippen molar-refractivity contribution in [3.8, 4) is 5.75 Å². The first kappa shape index (κ1) is 18.2. The zero-order chi connectivity index (χ0) is 19.5. The number of hydrogen-bond donors (Lipinski definition) is 1. The van der Waals surface area contributed by atoms with Crippen molar-refractivity contribution in [3.05, 3.63) is 76.6 Å². The molecule has 0 unspecified atom stereocenters. The fourth-order valence-electron chi connectivity index (χ4n) is 2.90. The van der Waals surface area contributed by atoms with Crippen LogP contribution in [0.2, 0.25) is 0 Å². The molecular formula is C20H19N5O2S. The van der Waals surface area contributed by atoms with E-state index in [1.165, 1.54) is 11.8 Å². The quantitative estimate of drug-likeness (QED) is 0.505. The second-order valence-electron chi connectivity index (χ2n) is 6.29. The van der Waals surface area contributed by atoms with Gasteiger partial charge in [-0.15, -0.1) is 10.2 Å². The molecule has 2 aromatic carbocycles. The number of H-pyrrole nitrogens is 1. The predicted octanol–water partition coefficient (Wildman–Crippen LogP) is 3.48. The second-order valence-corrected chi connectivity index (χ2v) is 7.23. The minimum atomic E-state index is -0.243. The number of ether oxygens (including phenoxy) is 1. The Balaban J connectivity index is 1.48. The van der Waals surface area contributed by atoms with Crippen LogP contribution in [-0.2, 0) is 12.8 Å². The Morgan fingerprint density at radius 3 is 2.68 bits per heavy atom. The number of rotatable bonds is 6. The standard InChI is InChI=1S/C20H19N5O2S/c1-13(27-14-8-4-3-5-9-14)18-23-24-20(25(18)2)28-12-17-21-16-11-7-6-10-15(16)19(26)22-17/h3-11,13H,12H2,1-2H3,(H,21,22,26)/t13-/m0/s1. The lowest BCUT2D eigenvalue weighted by Gasteiger charge is -2.14. The van der Waals surface area contributed by atoms with Gasteiger partial charge in [-0.3, -0.25) is 4.79 Å². The summed E-state index contributed by atoms with van der Waals surface area (Å²) in [6.45, 7) is 1.94. The van der Waals surface area contributed by atoms with Crippen molar-refractivity contribution in [1.82, 2.24) is 24.7 Å². The molecule has 2 heterocycles. The molecule has 28 heavy (non-hydrogen) atoms. The van der Waals surface area contributed by atoms with Gasteiger partial charge < -0.3 is 14.3 Å². The van der Waals surface area contributed by atoms with E-state index in [0.29, 0.717) is 22.5 Å². The van der Waals surface area contributed by atoms with Gasteiger partial charge in [-0.1, -0.05) is 42.1 Å². The Morgan fingerprint density at radius 2 is 1.86 bits per heavy atom. The smallest absolute Gasteiger partial charge is 0.258 e. The average Bonchev–Trinajstić information content (AvgIpc) is 3.08. The monoisotopic (exact) mass is 393 g/mol. The molecule has 0 saturated heterocycles. The Labute approximate surface area is 165 Å². The largest absolute Gasteiger partial charge is 0.483 e. The lowest BCUT2D eigenvalue weighted by Crippen LogP contribution is -2.11. The van der Waals surface area contributed by atoms with Gasteiger partial charge in [0.2, 0.25) is 0 Å². The van der Waals surface area contributed by atoms with Crippen molar-refractivity contribution in [1.29, 1.82) is 0 Å². The molecule has 4 rings (SSSR count). The molecule has 0 bridgehead atoms. The van der Waals surface area contributed by atoms with Crippen LogP contribution in [-0.4, -0.2) is 24.7 Å². The predicted molar refractivity (Wildman–Crippen MR) is 108 cm³/mol. The summed E-state index contributed by atoms with van der Waals surface area (Å²) in [5, 5.41) is 9.84. The maximum Gasteiger partial charge on any atom is 0.258 e. The van der Waals surface area contributed by atoms with Gasteiger partial charge in [-0.2, -0.15) is 0 Å². The van der Waals surface area contributed by atoms with Gasteiger partial charge in [0.15, 0.2) is 17.1 Å². The van der Waals surface area contributed by atoms with E-state index in [0.717, 1.165) is 16.7 Å². The van der Waals surface area contributed by atoms with Crippen molar-refractivity contribution >= 4 is 22.7 Å². The Bertz CT molecular complexity index is 1160.